The van der Waals surface area contributed by atoms with Crippen LogP contribution in [-0.2, 0) is 0 Å². The fourth-order valence-corrected chi connectivity index (χ4v) is 2.62. The van der Waals surface area contributed by atoms with Crippen molar-refractivity contribution in [2.75, 3.05) is 7.11 Å². The number of halogens is 1. The Hall–Kier alpha value is -2.66. The third-order valence-electron chi connectivity index (χ3n) is 3.39. The lowest BCUT2D eigenvalue weighted by Crippen LogP contribution is -1.94. The Morgan fingerprint density at radius 2 is 1.96 bits per heavy atom. The van der Waals surface area contributed by atoms with Crippen LogP contribution >= 0.6 is 11.6 Å². The van der Waals surface area contributed by atoms with Gasteiger partial charge in [-0.2, -0.15) is 0 Å². The van der Waals surface area contributed by atoms with E-state index >= 15 is 0 Å². The van der Waals surface area contributed by atoms with Crippen LogP contribution in [0.5, 0.6) is 11.5 Å². The van der Waals surface area contributed by atoms with Crippen LogP contribution < -0.4 is 4.74 Å². The summed E-state index contributed by atoms with van der Waals surface area (Å²) >= 11 is 6.13. The Morgan fingerprint density at radius 1 is 1.22 bits per heavy atom. The average molecular weight is 328 g/mol. The molecule has 6 heteroatoms. The standard InChI is InChI=1S/C17H14ClN3O2/c1-10-7-11(3-4-19-10)15-12(9-14-20-5-6-21-14)8-13(18)16(22)17(15)23-2/h3-9,22H,1-2H3. The number of aliphatic imine (C=N–C) groups is 2. The van der Waals surface area contributed by atoms with E-state index in [0.717, 1.165) is 16.8 Å². The van der Waals surface area contributed by atoms with Gasteiger partial charge in [0.15, 0.2) is 17.3 Å². The van der Waals surface area contributed by atoms with Gasteiger partial charge < -0.3 is 9.84 Å². The normalized spacial score (nSPS) is 12.7. The predicted molar refractivity (Wildman–Crippen MR) is 92.6 cm³/mol. The lowest BCUT2D eigenvalue weighted by molar-refractivity contribution is 0.375. The fraction of sp³-hybridized carbons (Fsp3) is 0.118. The highest BCUT2D eigenvalue weighted by Crippen LogP contribution is 2.45. The van der Waals surface area contributed by atoms with Crippen LogP contribution in [0.2, 0.25) is 5.02 Å². The molecule has 0 saturated heterocycles. The topological polar surface area (TPSA) is 67.1 Å². The summed E-state index contributed by atoms with van der Waals surface area (Å²) < 4.78 is 5.40. The quantitative estimate of drug-likeness (QED) is 0.930. The molecular formula is C17H14ClN3O2. The highest BCUT2D eigenvalue weighted by Gasteiger charge is 2.19. The molecule has 1 aromatic carbocycles. The van der Waals surface area contributed by atoms with Crippen molar-refractivity contribution in [1.82, 2.24) is 4.98 Å². The van der Waals surface area contributed by atoms with Crippen molar-refractivity contribution in [2.24, 2.45) is 9.98 Å². The van der Waals surface area contributed by atoms with Crippen molar-refractivity contribution in [3.8, 4) is 22.6 Å². The monoisotopic (exact) mass is 327 g/mol. The zero-order chi connectivity index (χ0) is 16.4. The third kappa shape index (κ3) is 2.96. The smallest absolute Gasteiger partial charge is 0.177 e. The molecule has 5 nitrogen and oxygen atoms in total. The second-order valence-electron chi connectivity index (χ2n) is 4.95. The van der Waals surface area contributed by atoms with Gasteiger partial charge in [-0.3, -0.25) is 4.98 Å². The summed E-state index contributed by atoms with van der Waals surface area (Å²) in [7, 11) is 1.49. The van der Waals surface area contributed by atoms with E-state index in [2.05, 4.69) is 15.0 Å². The molecular weight excluding hydrogens is 314 g/mol. The van der Waals surface area contributed by atoms with Crippen LogP contribution in [0.15, 0.2) is 40.2 Å². The number of benzene rings is 1. The number of ether oxygens (including phenoxy) is 1. The zero-order valence-corrected chi connectivity index (χ0v) is 13.4. The van der Waals surface area contributed by atoms with Crippen molar-refractivity contribution in [3.05, 3.63) is 46.5 Å². The van der Waals surface area contributed by atoms with Crippen molar-refractivity contribution in [2.45, 2.75) is 6.92 Å². The third-order valence-corrected chi connectivity index (χ3v) is 3.68. The molecule has 1 aromatic heterocycles. The molecule has 2 heterocycles. The van der Waals surface area contributed by atoms with Crippen LogP contribution in [0.4, 0.5) is 0 Å². The summed E-state index contributed by atoms with van der Waals surface area (Å²) in [6.07, 6.45) is 6.72. The van der Waals surface area contributed by atoms with Crippen molar-refractivity contribution in [1.29, 1.82) is 0 Å². The molecule has 1 aliphatic rings. The Kier molecular flexibility index (Phi) is 4.12. The minimum absolute atomic E-state index is 0.0980. The summed E-state index contributed by atoms with van der Waals surface area (Å²) in [6, 6.07) is 5.43. The van der Waals surface area contributed by atoms with Gasteiger partial charge in [0.25, 0.3) is 0 Å². The van der Waals surface area contributed by atoms with Gasteiger partial charge in [-0.1, -0.05) is 11.6 Å². The molecule has 0 radical (unpaired) electrons. The lowest BCUT2D eigenvalue weighted by Gasteiger charge is -2.15. The Morgan fingerprint density at radius 3 is 2.61 bits per heavy atom. The Bertz CT molecular complexity index is 843. The maximum absolute atomic E-state index is 10.2. The number of pyridine rings is 1. The number of methoxy groups -OCH3 is 1. The number of hydrogen-bond donors (Lipinski definition) is 1. The molecule has 0 unspecified atom stereocenters. The van der Waals surface area contributed by atoms with E-state index in [1.54, 1.807) is 30.8 Å². The number of phenols is 1. The molecule has 116 valence electrons. The van der Waals surface area contributed by atoms with E-state index in [-0.39, 0.29) is 10.8 Å². The van der Waals surface area contributed by atoms with Crippen LogP contribution in [-0.4, -0.2) is 29.6 Å². The SMILES string of the molecule is COc1c(O)c(Cl)cc(C=C2N=CC=N2)c1-c1ccnc(C)c1. The fourth-order valence-electron chi connectivity index (χ4n) is 2.41. The molecule has 1 aliphatic heterocycles. The second-order valence-corrected chi connectivity index (χ2v) is 5.36. The predicted octanol–water partition coefficient (Wildman–Crippen LogP) is 3.88. The van der Waals surface area contributed by atoms with Crippen molar-refractivity contribution >= 4 is 30.1 Å². The van der Waals surface area contributed by atoms with Crippen LogP contribution in [0.25, 0.3) is 17.2 Å². The van der Waals surface area contributed by atoms with Gasteiger partial charge in [0.1, 0.15) is 0 Å². The zero-order valence-electron chi connectivity index (χ0n) is 12.6. The summed E-state index contributed by atoms with van der Waals surface area (Å²) in [5.74, 6) is 0.765. The van der Waals surface area contributed by atoms with Gasteiger partial charge in [-0.15, -0.1) is 0 Å². The number of aryl methyl sites for hydroxylation is 1. The van der Waals surface area contributed by atoms with Gasteiger partial charge >= 0.3 is 0 Å². The highest BCUT2D eigenvalue weighted by molar-refractivity contribution is 6.32. The summed E-state index contributed by atoms with van der Waals surface area (Å²) in [4.78, 5) is 12.5. The van der Waals surface area contributed by atoms with E-state index < -0.39 is 0 Å². The lowest BCUT2D eigenvalue weighted by atomic mass is 9.97. The minimum Gasteiger partial charge on any atom is -0.503 e. The maximum Gasteiger partial charge on any atom is 0.177 e. The first-order valence-electron chi connectivity index (χ1n) is 6.91. The first-order valence-corrected chi connectivity index (χ1v) is 7.29. The molecule has 1 N–H and O–H groups in total. The number of aromatic hydroxyl groups is 1. The summed E-state index contributed by atoms with van der Waals surface area (Å²) in [5, 5.41) is 10.4. The molecule has 0 saturated carbocycles. The number of nitrogens with zero attached hydrogens (tertiary/aromatic N) is 3. The van der Waals surface area contributed by atoms with E-state index in [0.29, 0.717) is 17.1 Å². The largest absolute Gasteiger partial charge is 0.503 e. The van der Waals surface area contributed by atoms with Crippen LogP contribution in [0.3, 0.4) is 0 Å². The van der Waals surface area contributed by atoms with E-state index in [1.807, 2.05) is 19.1 Å². The second kappa shape index (κ2) is 6.22. The van der Waals surface area contributed by atoms with Gasteiger partial charge in [-0.25, -0.2) is 9.98 Å². The van der Waals surface area contributed by atoms with Crippen molar-refractivity contribution in [3.63, 3.8) is 0 Å². The van der Waals surface area contributed by atoms with Gasteiger partial charge in [0, 0.05) is 29.9 Å². The Labute approximate surface area is 138 Å². The van der Waals surface area contributed by atoms with Gasteiger partial charge in [0.2, 0.25) is 0 Å². The molecule has 0 atom stereocenters. The molecule has 2 aromatic rings. The maximum atomic E-state index is 10.2. The minimum atomic E-state index is -0.0980. The van der Waals surface area contributed by atoms with E-state index in [9.17, 15) is 5.11 Å². The summed E-state index contributed by atoms with van der Waals surface area (Å²) in [6.45, 7) is 1.90. The highest BCUT2D eigenvalue weighted by atomic mass is 35.5. The molecule has 23 heavy (non-hydrogen) atoms. The molecule has 0 amide bonds. The molecule has 3 rings (SSSR count). The molecule has 0 bridgehead atoms. The van der Waals surface area contributed by atoms with Gasteiger partial charge in [-0.05, 0) is 42.3 Å². The van der Waals surface area contributed by atoms with E-state index in [4.69, 9.17) is 16.3 Å². The van der Waals surface area contributed by atoms with Crippen molar-refractivity contribution < 1.29 is 9.84 Å². The average Bonchev–Trinajstić information content (AvgIpc) is 3.03. The first-order chi connectivity index (χ1) is 11.1. The first kappa shape index (κ1) is 15.2. The molecule has 0 spiro atoms. The van der Waals surface area contributed by atoms with Crippen LogP contribution in [0.1, 0.15) is 11.3 Å². The number of phenolic OH excluding ortho intramolecular Hbond substituents is 1. The molecule has 0 aliphatic carbocycles. The molecule has 0 fully saturated rings. The summed E-state index contributed by atoms with van der Waals surface area (Å²) in [5.41, 5.74) is 3.18. The van der Waals surface area contributed by atoms with Gasteiger partial charge in [0.05, 0.1) is 12.1 Å². The van der Waals surface area contributed by atoms with E-state index in [1.165, 1.54) is 7.11 Å². The number of rotatable bonds is 3. The number of hydrogen-bond acceptors (Lipinski definition) is 5. The van der Waals surface area contributed by atoms with Crippen LogP contribution in [0, 0.1) is 6.92 Å². The Balaban J connectivity index is 2.30. The number of aromatic nitrogens is 1.